The average molecular weight is 321 g/mol. The third-order valence-corrected chi connectivity index (χ3v) is 4.14. The third kappa shape index (κ3) is 3.72. The summed E-state index contributed by atoms with van der Waals surface area (Å²) >= 11 is 0. The van der Waals surface area contributed by atoms with Crippen molar-refractivity contribution in [2.75, 3.05) is 0 Å². The molecule has 1 aromatic carbocycles. The lowest BCUT2D eigenvalue weighted by Gasteiger charge is -2.15. The number of aromatic nitrogens is 1. The van der Waals surface area contributed by atoms with E-state index in [0.717, 1.165) is 24.2 Å². The topological polar surface area (TPSA) is 75.0 Å². The van der Waals surface area contributed by atoms with Gasteiger partial charge in [-0.25, -0.2) is 0 Å². The first kappa shape index (κ1) is 16.0. The highest BCUT2D eigenvalue weighted by Crippen LogP contribution is 2.26. The van der Waals surface area contributed by atoms with E-state index < -0.39 is 6.10 Å². The van der Waals surface area contributed by atoms with Crippen LogP contribution in [0.15, 0.2) is 36.7 Å². The number of nitriles is 1. The Kier molecular flexibility index (Phi) is 4.76. The summed E-state index contributed by atoms with van der Waals surface area (Å²) in [5.41, 5.74) is 3.96. The van der Waals surface area contributed by atoms with Crippen LogP contribution in [0.25, 0.3) is 0 Å². The monoisotopic (exact) mass is 321 g/mol. The van der Waals surface area contributed by atoms with Crippen LogP contribution in [0.4, 0.5) is 0 Å². The van der Waals surface area contributed by atoms with Gasteiger partial charge in [-0.1, -0.05) is 6.07 Å². The van der Waals surface area contributed by atoms with Gasteiger partial charge in [-0.3, -0.25) is 9.78 Å². The van der Waals surface area contributed by atoms with E-state index in [-0.39, 0.29) is 5.91 Å². The Morgan fingerprint density at radius 3 is 3.00 bits per heavy atom. The molecule has 1 atom stereocenters. The number of pyridine rings is 1. The van der Waals surface area contributed by atoms with Crippen molar-refractivity contribution in [2.24, 2.45) is 0 Å². The molecule has 1 aliphatic carbocycles. The SMILES string of the molecule is CC(Oc1ccc2c(c1)CCC2)C(=O)NCc1cncc(C#N)c1. The largest absolute Gasteiger partial charge is 0.481 e. The summed E-state index contributed by atoms with van der Waals surface area (Å²) in [6, 6.07) is 9.78. The lowest BCUT2D eigenvalue weighted by molar-refractivity contribution is -0.127. The minimum Gasteiger partial charge on any atom is -0.481 e. The quantitative estimate of drug-likeness (QED) is 0.918. The zero-order valence-electron chi connectivity index (χ0n) is 13.6. The van der Waals surface area contributed by atoms with E-state index in [2.05, 4.69) is 16.4 Å². The Labute approximate surface area is 141 Å². The van der Waals surface area contributed by atoms with Gasteiger partial charge in [0.15, 0.2) is 6.10 Å². The second kappa shape index (κ2) is 7.14. The molecule has 3 rings (SSSR count). The molecule has 122 valence electrons. The van der Waals surface area contributed by atoms with Gasteiger partial charge in [0, 0.05) is 18.9 Å². The highest BCUT2D eigenvalue weighted by molar-refractivity contribution is 5.80. The van der Waals surface area contributed by atoms with Crippen LogP contribution in [0.2, 0.25) is 0 Å². The van der Waals surface area contributed by atoms with Crippen LogP contribution < -0.4 is 10.1 Å². The molecular weight excluding hydrogens is 302 g/mol. The van der Waals surface area contributed by atoms with Crippen LogP contribution in [0.5, 0.6) is 5.75 Å². The molecule has 0 saturated carbocycles. The highest BCUT2D eigenvalue weighted by atomic mass is 16.5. The van der Waals surface area contributed by atoms with Crippen molar-refractivity contribution < 1.29 is 9.53 Å². The van der Waals surface area contributed by atoms with E-state index in [1.54, 1.807) is 19.2 Å². The van der Waals surface area contributed by atoms with E-state index in [1.807, 2.05) is 18.2 Å². The van der Waals surface area contributed by atoms with Crippen LogP contribution >= 0.6 is 0 Å². The summed E-state index contributed by atoms with van der Waals surface area (Å²) in [5.74, 6) is 0.532. The fraction of sp³-hybridized carbons (Fsp3) is 0.316. The van der Waals surface area contributed by atoms with Crippen molar-refractivity contribution in [3.63, 3.8) is 0 Å². The Bertz CT molecular complexity index is 795. The van der Waals surface area contributed by atoms with Crippen molar-refractivity contribution in [1.29, 1.82) is 5.26 Å². The zero-order chi connectivity index (χ0) is 16.9. The van der Waals surface area contributed by atoms with Gasteiger partial charge in [-0.2, -0.15) is 5.26 Å². The van der Waals surface area contributed by atoms with Gasteiger partial charge in [0.1, 0.15) is 11.8 Å². The minimum atomic E-state index is -0.587. The fourth-order valence-electron chi connectivity index (χ4n) is 2.86. The molecule has 0 aliphatic heterocycles. The average Bonchev–Trinajstić information content (AvgIpc) is 3.07. The smallest absolute Gasteiger partial charge is 0.261 e. The molecule has 1 heterocycles. The molecule has 0 spiro atoms. The van der Waals surface area contributed by atoms with Gasteiger partial charge in [0.2, 0.25) is 0 Å². The van der Waals surface area contributed by atoms with E-state index in [0.29, 0.717) is 12.1 Å². The summed E-state index contributed by atoms with van der Waals surface area (Å²) in [5, 5.41) is 11.7. The van der Waals surface area contributed by atoms with Crippen molar-refractivity contribution in [3.05, 3.63) is 58.9 Å². The maximum absolute atomic E-state index is 12.2. The van der Waals surface area contributed by atoms with Crippen molar-refractivity contribution in [2.45, 2.75) is 38.8 Å². The molecule has 1 unspecified atom stereocenters. The van der Waals surface area contributed by atoms with Gasteiger partial charge in [-0.05, 0) is 61.1 Å². The first-order valence-corrected chi connectivity index (χ1v) is 8.06. The molecule has 1 N–H and O–H groups in total. The Morgan fingerprint density at radius 1 is 1.33 bits per heavy atom. The number of hydrogen-bond donors (Lipinski definition) is 1. The standard InChI is InChI=1S/C19H19N3O2/c1-13(24-18-6-5-16-3-2-4-17(16)8-18)19(23)22-12-15-7-14(9-20)10-21-11-15/h5-8,10-11,13H,2-4,12H2,1H3,(H,22,23). The summed E-state index contributed by atoms with van der Waals surface area (Å²) in [4.78, 5) is 16.2. The predicted octanol–water partition coefficient (Wildman–Crippen LogP) is 2.53. The second-order valence-electron chi connectivity index (χ2n) is 5.96. The summed E-state index contributed by atoms with van der Waals surface area (Å²) in [7, 11) is 0. The number of carbonyl (C=O) groups is 1. The molecule has 5 nitrogen and oxygen atoms in total. The highest BCUT2D eigenvalue weighted by Gasteiger charge is 2.16. The number of hydrogen-bond acceptors (Lipinski definition) is 4. The number of aryl methyl sites for hydroxylation is 2. The first-order chi connectivity index (χ1) is 11.7. The van der Waals surface area contributed by atoms with Gasteiger partial charge in [0.25, 0.3) is 5.91 Å². The number of carbonyl (C=O) groups excluding carboxylic acids is 1. The van der Waals surface area contributed by atoms with E-state index in [9.17, 15) is 4.79 Å². The Morgan fingerprint density at radius 2 is 2.17 bits per heavy atom. The third-order valence-electron chi connectivity index (χ3n) is 4.14. The molecule has 5 heteroatoms. The normalized spacial score (nSPS) is 13.7. The number of rotatable bonds is 5. The molecule has 1 aromatic heterocycles. The fourth-order valence-corrected chi connectivity index (χ4v) is 2.86. The van der Waals surface area contributed by atoms with E-state index >= 15 is 0 Å². The molecule has 2 aromatic rings. The van der Waals surface area contributed by atoms with E-state index in [4.69, 9.17) is 10.00 Å². The van der Waals surface area contributed by atoms with Crippen LogP contribution in [0, 0.1) is 11.3 Å². The maximum atomic E-state index is 12.2. The number of benzene rings is 1. The van der Waals surface area contributed by atoms with Gasteiger partial charge in [0.05, 0.1) is 5.56 Å². The maximum Gasteiger partial charge on any atom is 0.261 e. The second-order valence-corrected chi connectivity index (χ2v) is 5.96. The number of ether oxygens (including phenoxy) is 1. The van der Waals surface area contributed by atoms with Gasteiger partial charge in [-0.15, -0.1) is 0 Å². The molecular formula is C19H19N3O2. The number of nitrogens with zero attached hydrogens (tertiary/aromatic N) is 2. The number of nitrogens with one attached hydrogen (secondary N) is 1. The molecule has 0 radical (unpaired) electrons. The number of fused-ring (bicyclic) bond motifs is 1. The van der Waals surface area contributed by atoms with Gasteiger partial charge >= 0.3 is 0 Å². The zero-order valence-corrected chi connectivity index (χ0v) is 13.6. The first-order valence-electron chi connectivity index (χ1n) is 8.06. The lowest BCUT2D eigenvalue weighted by atomic mass is 10.1. The van der Waals surface area contributed by atoms with Crippen LogP contribution in [0.3, 0.4) is 0 Å². The predicted molar refractivity (Wildman–Crippen MR) is 89.4 cm³/mol. The molecule has 0 bridgehead atoms. The summed E-state index contributed by atoms with van der Waals surface area (Å²) < 4.78 is 5.75. The van der Waals surface area contributed by atoms with Crippen LogP contribution in [0.1, 0.15) is 35.6 Å². The van der Waals surface area contributed by atoms with Gasteiger partial charge < -0.3 is 10.1 Å². The molecule has 1 amide bonds. The Hall–Kier alpha value is -2.87. The molecule has 0 fully saturated rings. The van der Waals surface area contributed by atoms with E-state index in [1.165, 1.54) is 23.7 Å². The molecule has 24 heavy (non-hydrogen) atoms. The van der Waals surface area contributed by atoms with Crippen LogP contribution in [-0.2, 0) is 24.2 Å². The van der Waals surface area contributed by atoms with Crippen molar-refractivity contribution >= 4 is 5.91 Å². The van der Waals surface area contributed by atoms with Crippen molar-refractivity contribution in [1.82, 2.24) is 10.3 Å². The number of amides is 1. The molecule has 0 saturated heterocycles. The van der Waals surface area contributed by atoms with Crippen molar-refractivity contribution in [3.8, 4) is 11.8 Å². The minimum absolute atomic E-state index is 0.196. The molecule has 1 aliphatic rings. The lowest BCUT2D eigenvalue weighted by Crippen LogP contribution is -2.35. The summed E-state index contributed by atoms with van der Waals surface area (Å²) in [6.45, 7) is 2.05. The Balaban J connectivity index is 1.56. The summed E-state index contributed by atoms with van der Waals surface area (Å²) in [6.07, 6.45) is 5.93. The van der Waals surface area contributed by atoms with Crippen LogP contribution in [-0.4, -0.2) is 17.0 Å².